The van der Waals surface area contributed by atoms with E-state index in [2.05, 4.69) is 5.32 Å². The van der Waals surface area contributed by atoms with Gasteiger partial charge in [0, 0.05) is 50.9 Å². The van der Waals surface area contributed by atoms with Crippen LogP contribution in [0.15, 0.2) is 36.4 Å². The first kappa shape index (κ1) is 35.6. The Morgan fingerprint density at radius 3 is 2.10 bits per heavy atom. The van der Waals surface area contributed by atoms with Crippen LogP contribution in [0, 0.1) is 11.8 Å². The Hall–Kier alpha value is -4.19. The molecule has 4 radical (unpaired) electrons. The smallest absolute Gasteiger partial charge is 0.410 e. The van der Waals surface area contributed by atoms with Crippen LogP contribution in [0.3, 0.4) is 0 Å². The number of aromatic hydroxyl groups is 1. The summed E-state index contributed by atoms with van der Waals surface area (Å²) in [5, 5.41) is 22.2. The molecule has 0 bridgehead atoms. The van der Waals surface area contributed by atoms with Gasteiger partial charge in [-0.1, -0.05) is 41.3 Å². The fourth-order valence-electron chi connectivity index (χ4n) is 8.12. The molecule has 4 heterocycles. The average molecular weight is 681 g/mol. The monoisotopic (exact) mass is 681 g/mol. The summed E-state index contributed by atoms with van der Waals surface area (Å²) in [6.45, 7) is 4.05. The number of carbonyl (C=O) groups excluding carboxylic acids is 3. The minimum absolute atomic E-state index is 0.0283. The Bertz CT molecular complexity index is 1550. The number of anilines is 1. The SMILES string of the molecule is [B]c1cc(C[C@@H](OC(=O)N2CCC(N3CCc4ccccc4NC3=O)CC2)C(=O)N2CCC(C3CCN(CC(=O)O)CC3)CC2)cc([B])c1O. The topological polar surface area (TPSA) is 143 Å². The lowest BCUT2D eigenvalue weighted by atomic mass is 9.78. The predicted molar refractivity (Wildman–Crippen MR) is 189 cm³/mol. The Kier molecular flexibility index (Phi) is 11.2. The maximum Gasteiger partial charge on any atom is 0.410 e. The predicted octanol–water partition coefficient (Wildman–Crippen LogP) is 1.62. The molecule has 0 aliphatic carbocycles. The second kappa shape index (κ2) is 15.8. The number of likely N-dealkylation sites (tertiary alicyclic amines) is 3. The molecule has 4 aliphatic heterocycles. The molecule has 262 valence electrons. The second-order valence-electron chi connectivity index (χ2n) is 14.1. The molecule has 3 fully saturated rings. The van der Waals surface area contributed by atoms with Gasteiger partial charge in [-0.05, 0) is 87.1 Å². The first-order chi connectivity index (χ1) is 24.0. The first-order valence-electron chi connectivity index (χ1n) is 17.8. The van der Waals surface area contributed by atoms with Gasteiger partial charge in [-0.3, -0.25) is 14.5 Å². The van der Waals surface area contributed by atoms with Gasteiger partial charge in [0.15, 0.2) is 6.10 Å². The Morgan fingerprint density at radius 2 is 1.46 bits per heavy atom. The van der Waals surface area contributed by atoms with E-state index < -0.39 is 18.2 Å². The van der Waals surface area contributed by atoms with E-state index in [9.17, 15) is 24.3 Å². The standard InChI is InChI=1S/C36H45B2N5O7/c37-28-19-23(20-29(38)33(28)46)21-31(34(47)41-14-7-25(8-15-41)24-5-12-40(13-6-24)22-32(44)45)50-36(49)42-16-10-27(11-17-42)43-18-9-26-3-1-2-4-30(26)39-35(43)48/h1-4,19-20,24-25,27,31,46H,5-18,21-22H2,(H,39,48)(H,44,45)/t31-/m1/s1. The number of rotatable bonds is 8. The number of amides is 4. The number of ether oxygens (including phenoxy) is 1. The van der Waals surface area contributed by atoms with E-state index in [1.165, 1.54) is 0 Å². The second-order valence-corrected chi connectivity index (χ2v) is 14.1. The highest BCUT2D eigenvalue weighted by molar-refractivity contribution is 6.41. The molecular formula is C36H45B2N5O7. The number of carboxylic acid groups (broad SMARTS) is 1. The van der Waals surface area contributed by atoms with Crippen LogP contribution >= 0.6 is 0 Å². The highest BCUT2D eigenvalue weighted by Gasteiger charge is 2.37. The van der Waals surface area contributed by atoms with E-state index in [4.69, 9.17) is 25.5 Å². The summed E-state index contributed by atoms with van der Waals surface area (Å²) in [5.41, 5.74) is 2.65. The summed E-state index contributed by atoms with van der Waals surface area (Å²) in [6, 6.07) is 10.7. The lowest BCUT2D eigenvalue weighted by molar-refractivity contribution is -0.142. The van der Waals surface area contributed by atoms with E-state index in [1.807, 2.05) is 34.1 Å². The Balaban J connectivity index is 1.06. The zero-order valence-electron chi connectivity index (χ0n) is 28.5. The van der Waals surface area contributed by atoms with Crippen LogP contribution in [0.25, 0.3) is 0 Å². The molecule has 4 aliphatic rings. The van der Waals surface area contributed by atoms with Gasteiger partial charge in [-0.25, -0.2) is 9.59 Å². The molecule has 1 atom stereocenters. The van der Waals surface area contributed by atoms with Gasteiger partial charge in [0.1, 0.15) is 21.4 Å². The lowest BCUT2D eigenvalue weighted by Crippen LogP contribution is -2.52. The van der Waals surface area contributed by atoms with E-state index in [0.29, 0.717) is 63.0 Å². The van der Waals surface area contributed by atoms with Crippen LogP contribution in [0.1, 0.15) is 49.7 Å². The van der Waals surface area contributed by atoms with Crippen molar-refractivity contribution in [1.82, 2.24) is 19.6 Å². The first-order valence-corrected chi connectivity index (χ1v) is 17.8. The van der Waals surface area contributed by atoms with Crippen molar-refractivity contribution in [2.24, 2.45) is 11.8 Å². The number of carbonyl (C=O) groups is 4. The maximum absolute atomic E-state index is 14.0. The molecule has 12 nitrogen and oxygen atoms in total. The van der Waals surface area contributed by atoms with Crippen LogP contribution in [0.5, 0.6) is 5.75 Å². The minimum atomic E-state index is -1.12. The molecule has 3 saturated heterocycles. The van der Waals surface area contributed by atoms with Crippen LogP contribution in [0.4, 0.5) is 15.3 Å². The fourth-order valence-corrected chi connectivity index (χ4v) is 8.12. The van der Waals surface area contributed by atoms with E-state index in [1.54, 1.807) is 21.9 Å². The van der Waals surface area contributed by atoms with Gasteiger partial charge in [0.25, 0.3) is 5.91 Å². The summed E-state index contributed by atoms with van der Waals surface area (Å²) >= 11 is 0. The zero-order chi connectivity index (χ0) is 35.4. The number of para-hydroxylation sites is 1. The molecule has 14 heteroatoms. The number of nitrogens with zero attached hydrogens (tertiary/aromatic N) is 4. The molecule has 0 spiro atoms. The zero-order valence-corrected chi connectivity index (χ0v) is 28.5. The molecular weight excluding hydrogens is 636 g/mol. The molecule has 0 aromatic heterocycles. The van der Waals surface area contributed by atoms with Gasteiger partial charge in [0.2, 0.25) is 0 Å². The van der Waals surface area contributed by atoms with Crippen molar-refractivity contribution >= 4 is 56.3 Å². The number of fused-ring (bicyclic) bond motifs is 1. The quantitative estimate of drug-likeness (QED) is 0.357. The number of hydrogen-bond donors (Lipinski definition) is 3. The third-order valence-corrected chi connectivity index (χ3v) is 11.0. The highest BCUT2D eigenvalue weighted by Crippen LogP contribution is 2.33. The van der Waals surface area contributed by atoms with Crippen molar-refractivity contribution in [2.75, 3.05) is 57.7 Å². The number of benzene rings is 2. The molecule has 4 amide bonds. The highest BCUT2D eigenvalue weighted by atomic mass is 16.6. The van der Waals surface area contributed by atoms with E-state index >= 15 is 0 Å². The number of nitrogens with one attached hydrogen (secondary N) is 1. The van der Waals surface area contributed by atoms with E-state index in [-0.39, 0.29) is 47.6 Å². The lowest BCUT2D eigenvalue weighted by Gasteiger charge is -2.41. The summed E-state index contributed by atoms with van der Waals surface area (Å²) in [6.07, 6.45) is 3.83. The van der Waals surface area contributed by atoms with Crippen molar-refractivity contribution in [3.05, 3.63) is 47.5 Å². The normalized spacial score (nSPS) is 20.5. The number of carboxylic acids is 1. The summed E-state index contributed by atoms with van der Waals surface area (Å²) < 4.78 is 5.97. The molecule has 0 saturated carbocycles. The van der Waals surface area contributed by atoms with Crippen LogP contribution in [-0.2, 0) is 27.2 Å². The largest absolute Gasteiger partial charge is 0.509 e. The summed E-state index contributed by atoms with van der Waals surface area (Å²) in [4.78, 5) is 59.0. The summed E-state index contributed by atoms with van der Waals surface area (Å²) in [7, 11) is 11.9. The van der Waals surface area contributed by atoms with Gasteiger partial charge >= 0.3 is 18.1 Å². The maximum atomic E-state index is 14.0. The molecule has 50 heavy (non-hydrogen) atoms. The third kappa shape index (κ3) is 8.39. The third-order valence-electron chi connectivity index (χ3n) is 11.0. The van der Waals surface area contributed by atoms with Crippen molar-refractivity contribution in [2.45, 2.75) is 63.5 Å². The number of phenols is 1. The molecule has 3 N–H and O–H groups in total. The molecule has 0 unspecified atom stereocenters. The number of hydrogen-bond acceptors (Lipinski definition) is 7. The van der Waals surface area contributed by atoms with Gasteiger partial charge in [0.05, 0.1) is 6.54 Å². The van der Waals surface area contributed by atoms with Crippen LogP contribution < -0.4 is 16.2 Å². The van der Waals surface area contributed by atoms with Crippen LogP contribution in [0.2, 0.25) is 0 Å². The van der Waals surface area contributed by atoms with Crippen molar-refractivity contribution < 1.29 is 34.1 Å². The van der Waals surface area contributed by atoms with Crippen LogP contribution in [-0.4, -0.2) is 134 Å². The number of phenolic OH excluding ortho intramolecular Hbond substituents is 1. The van der Waals surface area contributed by atoms with Gasteiger partial charge < -0.3 is 35.0 Å². The molecule has 2 aromatic rings. The fraction of sp³-hybridized carbons (Fsp3) is 0.556. The van der Waals surface area contributed by atoms with Crippen molar-refractivity contribution in [3.63, 3.8) is 0 Å². The Labute approximate surface area is 295 Å². The number of piperidine rings is 3. The van der Waals surface area contributed by atoms with Crippen molar-refractivity contribution in [1.29, 1.82) is 0 Å². The number of aliphatic carboxylic acids is 1. The molecule has 2 aromatic carbocycles. The minimum Gasteiger partial charge on any atom is -0.509 e. The molecule has 6 rings (SSSR count). The van der Waals surface area contributed by atoms with Crippen molar-refractivity contribution in [3.8, 4) is 5.75 Å². The average Bonchev–Trinajstić information content (AvgIpc) is 3.28. The van der Waals surface area contributed by atoms with Gasteiger partial charge in [-0.2, -0.15) is 0 Å². The summed E-state index contributed by atoms with van der Waals surface area (Å²) in [5.74, 6) is -0.373. The van der Waals surface area contributed by atoms with Gasteiger partial charge in [-0.15, -0.1) is 0 Å². The van der Waals surface area contributed by atoms with E-state index in [0.717, 1.165) is 56.4 Å². The number of urea groups is 1. The Morgan fingerprint density at radius 1 is 0.860 bits per heavy atom.